The average Bonchev–Trinajstić information content (AvgIpc) is 2.98. The molecule has 0 saturated carbocycles. The first kappa shape index (κ1) is 15.4. The van der Waals surface area contributed by atoms with Gasteiger partial charge in [-0.1, -0.05) is 12.7 Å². The second-order valence-electron chi connectivity index (χ2n) is 4.69. The zero-order valence-electron chi connectivity index (χ0n) is 12.1. The highest BCUT2D eigenvalue weighted by Gasteiger charge is 2.24. The Bertz CT molecular complexity index is 1020. The molecule has 0 spiro atoms. The largest absolute Gasteiger partial charge is 0.462 e. The van der Waals surface area contributed by atoms with Crippen molar-refractivity contribution < 1.29 is 18.3 Å². The van der Waals surface area contributed by atoms with Crippen LogP contribution in [0.4, 0.5) is 8.78 Å². The molecule has 2 heterocycles. The van der Waals surface area contributed by atoms with Crippen molar-refractivity contribution in [3.63, 3.8) is 0 Å². The molecule has 0 bridgehead atoms. The van der Waals surface area contributed by atoms with Crippen molar-refractivity contribution in [3.8, 4) is 0 Å². The summed E-state index contributed by atoms with van der Waals surface area (Å²) < 4.78 is 34.2. The monoisotopic (exact) mass is 335 g/mol. The van der Waals surface area contributed by atoms with Crippen LogP contribution < -0.4 is 5.43 Å². The molecule has 0 amide bonds. The third kappa shape index (κ3) is 2.16. The van der Waals surface area contributed by atoms with Crippen LogP contribution in [-0.2, 0) is 4.74 Å². The number of nitrogens with zero attached hydrogens (tertiary/aromatic N) is 1. The molecule has 3 rings (SSSR count). The average molecular weight is 335 g/mol. The Kier molecular flexibility index (Phi) is 3.73. The van der Waals surface area contributed by atoms with Crippen LogP contribution in [0.1, 0.15) is 22.8 Å². The number of hydrogen-bond donors (Lipinski definition) is 0. The maximum atomic E-state index is 14.0. The molecule has 118 valence electrons. The van der Waals surface area contributed by atoms with E-state index in [1.807, 2.05) is 0 Å². The van der Waals surface area contributed by atoms with E-state index >= 15 is 0 Å². The molecule has 0 aliphatic rings. The van der Waals surface area contributed by atoms with E-state index in [1.165, 1.54) is 4.40 Å². The third-order valence-electron chi connectivity index (χ3n) is 3.45. The molecular formula is C16H11F2NO3S. The quantitative estimate of drug-likeness (QED) is 0.687. The highest BCUT2D eigenvalue weighted by Crippen LogP contribution is 2.28. The van der Waals surface area contributed by atoms with Gasteiger partial charge < -0.3 is 9.14 Å². The third-order valence-corrected chi connectivity index (χ3v) is 4.33. The fourth-order valence-corrected chi connectivity index (χ4v) is 3.38. The van der Waals surface area contributed by atoms with Crippen molar-refractivity contribution in [1.82, 2.24) is 4.40 Å². The summed E-state index contributed by atoms with van der Waals surface area (Å²) in [5, 5.41) is 1.54. The van der Waals surface area contributed by atoms with Crippen molar-refractivity contribution in [2.24, 2.45) is 0 Å². The first-order valence-electron chi connectivity index (χ1n) is 6.74. The van der Waals surface area contributed by atoms with Gasteiger partial charge in [-0.05, 0) is 13.0 Å². The molecule has 0 atom stereocenters. The minimum Gasteiger partial charge on any atom is -0.462 e. The molecule has 3 aromatic rings. The van der Waals surface area contributed by atoms with Crippen LogP contribution in [0.2, 0.25) is 0 Å². The Morgan fingerprint density at radius 2 is 2.22 bits per heavy atom. The number of pyridine rings is 1. The first-order valence-corrected chi connectivity index (χ1v) is 7.62. The lowest BCUT2D eigenvalue weighted by molar-refractivity contribution is 0.0527. The number of carbonyl (C=O) groups excluding carboxylic acids is 1. The lowest BCUT2D eigenvalue weighted by atomic mass is 10.1. The fourth-order valence-electron chi connectivity index (χ4n) is 2.51. The van der Waals surface area contributed by atoms with Crippen LogP contribution in [0.3, 0.4) is 0 Å². The maximum absolute atomic E-state index is 14.0. The van der Waals surface area contributed by atoms with Gasteiger partial charge in [-0.3, -0.25) is 4.79 Å². The van der Waals surface area contributed by atoms with Crippen molar-refractivity contribution in [2.75, 3.05) is 6.61 Å². The molecule has 7 heteroatoms. The summed E-state index contributed by atoms with van der Waals surface area (Å²) in [5.74, 6) is -3.05. The summed E-state index contributed by atoms with van der Waals surface area (Å²) in [6, 6.07) is 0.798. The van der Waals surface area contributed by atoms with Crippen LogP contribution in [0.15, 0.2) is 29.0 Å². The van der Waals surface area contributed by atoms with E-state index in [-0.39, 0.29) is 28.6 Å². The summed E-state index contributed by atoms with van der Waals surface area (Å²) in [4.78, 5) is 25.1. The van der Waals surface area contributed by atoms with Gasteiger partial charge in [-0.2, -0.15) is 0 Å². The number of thiazole rings is 1. The zero-order valence-corrected chi connectivity index (χ0v) is 12.9. The van der Waals surface area contributed by atoms with E-state index in [0.717, 1.165) is 23.5 Å². The molecule has 0 radical (unpaired) electrons. The van der Waals surface area contributed by atoms with Gasteiger partial charge in [0.2, 0.25) is 5.43 Å². The molecule has 0 N–H and O–H groups in total. The lowest BCUT2D eigenvalue weighted by Gasteiger charge is -2.11. The van der Waals surface area contributed by atoms with Gasteiger partial charge in [0.1, 0.15) is 10.4 Å². The number of fused-ring (bicyclic) bond motifs is 3. The van der Waals surface area contributed by atoms with E-state index in [9.17, 15) is 18.4 Å². The number of rotatable bonds is 3. The number of halogens is 2. The Labute approximate surface area is 133 Å². The molecule has 0 aliphatic carbocycles. The number of ether oxygens (including phenoxy) is 1. The van der Waals surface area contributed by atoms with Crippen LogP contribution in [0, 0.1) is 11.6 Å². The molecule has 0 fully saturated rings. The van der Waals surface area contributed by atoms with E-state index in [2.05, 4.69) is 6.58 Å². The van der Waals surface area contributed by atoms with Crippen molar-refractivity contribution in [1.29, 1.82) is 0 Å². The Morgan fingerprint density at radius 1 is 1.48 bits per heavy atom. The van der Waals surface area contributed by atoms with Crippen molar-refractivity contribution >= 4 is 39.1 Å². The van der Waals surface area contributed by atoms with Gasteiger partial charge in [-0.25, -0.2) is 13.6 Å². The molecule has 2 aromatic heterocycles. The van der Waals surface area contributed by atoms with Crippen LogP contribution in [0.25, 0.3) is 21.8 Å². The summed E-state index contributed by atoms with van der Waals surface area (Å²) >= 11 is 1.14. The van der Waals surface area contributed by atoms with Gasteiger partial charge >= 0.3 is 5.97 Å². The highest BCUT2D eigenvalue weighted by atomic mass is 32.1. The standard InChI is InChI=1S/C16H11F2NO3S/c1-3-8-12(18)10(17)7-9-13(8)19-5-6-23-15(19)11(14(9)20)16(21)22-4-2/h3,5-7H,1,4H2,2H3. The second-order valence-corrected chi connectivity index (χ2v) is 5.58. The summed E-state index contributed by atoms with van der Waals surface area (Å²) in [5.41, 5.74) is -0.827. The normalized spacial score (nSPS) is 11.1. The molecule has 0 saturated heterocycles. The Hall–Kier alpha value is -2.54. The minimum absolute atomic E-state index is 0.0993. The van der Waals surface area contributed by atoms with E-state index < -0.39 is 23.0 Å². The minimum atomic E-state index is -1.17. The van der Waals surface area contributed by atoms with Gasteiger partial charge in [0.15, 0.2) is 11.6 Å². The van der Waals surface area contributed by atoms with Crippen molar-refractivity contribution in [2.45, 2.75) is 6.92 Å². The predicted molar refractivity (Wildman–Crippen MR) is 85.0 cm³/mol. The fraction of sp³-hybridized carbons (Fsp3) is 0.125. The number of benzene rings is 1. The van der Waals surface area contributed by atoms with Gasteiger partial charge in [0.05, 0.1) is 17.5 Å². The second kappa shape index (κ2) is 5.58. The smallest absolute Gasteiger partial charge is 0.345 e. The highest BCUT2D eigenvalue weighted by molar-refractivity contribution is 7.16. The molecule has 0 aliphatic heterocycles. The molecular weight excluding hydrogens is 324 g/mol. The summed E-state index contributed by atoms with van der Waals surface area (Å²) in [6.07, 6.45) is 2.73. The SMILES string of the molecule is C=Cc1c(F)c(F)cc2c(=O)c(C(=O)OCC)c3sccn3c12. The van der Waals surface area contributed by atoms with Crippen molar-refractivity contribution in [3.05, 3.63) is 57.2 Å². The summed E-state index contributed by atoms with van der Waals surface area (Å²) in [6.45, 7) is 5.20. The number of carbonyl (C=O) groups is 1. The zero-order chi connectivity index (χ0) is 16.7. The number of aromatic nitrogens is 1. The van der Waals surface area contributed by atoms with Gasteiger partial charge in [-0.15, -0.1) is 11.3 Å². The lowest BCUT2D eigenvalue weighted by Crippen LogP contribution is -2.20. The van der Waals surface area contributed by atoms with E-state index in [0.29, 0.717) is 4.83 Å². The Morgan fingerprint density at radius 3 is 2.87 bits per heavy atom. The molecule has 4 nitrogen and oxygen atoms in total. The summed E-state index contributed by atoms with van der Waals surface area (Å²) in [7, 11) is 0. The topological polar surface area (TPSA) is 47.8 Å². The van der Waals surface area contributed by atoms with Crippen LogP contribution in [-0.4, -0.2) is 17.0 Å². The number of esters is 1. The first-order chi connectivity index (χ1) is 11.0. The van der Waals surface area contributed by atoms with Gasteiger partial charge in [0, 0.05) is 17.1 Å². The maximum Gasteiger partial charge on any atom is 0.345 e. The molecule has 1 aromatic carbocycles. The Balaban J connectivity index is 2.59. The predicted octanol–water partition coefficient (Wildman–Crippen LogP) is 3.61. The number of hydrogen-bond acceptors (Lipinski definition) is 4. The molecule has 23 heavy (non-hydrogen) atoms. The van der Waals surface area contributed by atoms with Gasteiger partial charge in [0.25, 0.3) is 0 Å². The molecule has 0 unspecified atom stereocenters. The van der Waals surface area contributed by atoms with E-state index in [4.69, 9.17) is 4.74 Å². The van der Waals surface area contributed by atoms with E-state index in [1.54, 1.807) is 18.5 Å². The van der Waals surface area contributed by atoms with Crippen LogP contribution >= 0.6 is 11.3 Å². The van der Waals surface area contributed by atoms with Crippen LogP contribution in [0.5, 0.6) is 0 Å².